The SMILES string of the molecule is NCc1cccc(OCc2cccc(Br)c2)n1. The summed E-state index contributed by atoms with van der Waals surface area (Å²) in [6.07, 6.45) is 0. The van der Waals surface area contributed by atoms with Crippen LogP contribution in [0, 0.1) is 0 Å². The molecule has 17 heavy (non-hydrogen) atoms. The lowest BCUT2D eigenvalue weighted by Gasteiger charge is -2.06. The molecule has 0 aliphatic carbocycles. The minimum absolute atomic E-state index is 0.425. The van der Waals surface area contributed by atoms with Gasteiger partial charge in [-0.05, 0) is 23.8 Å². The fraction of sp³-hybridized carbons (Fsp3) is 0.154. The van der Waals surface area contributed by atoms with Gasteiger partial charge in [0.2, 0.25) is 5.88 Å². The number of hydrogen-bond donors (Lipinski definition) is 1. The molecule has 0 unspecified atom stereocenters. The van der Waals surface area contributed by atoms with Gasteiger partial charge in [-0.15, -0.1) is 0 Å². The van der Waals surface area contributed by atoms with E-state index in [0.29, 0.717) is 19.0 Å². The Hall–Kier alpha value is -1.39. The molecule has 0 radical (unpaired) electrons. The monoisotopic (exact) mass is 292 g/mol. The average Bonchev–Trinajstić information content (AvgIpc) is 2.37. The van der Waals surface area contributed by atoms with Crippen LogP contribution in [-0.4, -0.2) is 4.98 Å². The number of hydrogen-bond acceptors (Lipinski definition) is 3. The van der Waals surface area contributed by atoms with Gasteiger partial charge in [-0.1, -0.05) is 34.1 Å². The number of nitrogens with zero attached hydrogens (tertiary/aromatic N) is 1. The third kappa shape index (κ3) is 3.54. The predicted octanol–water partition coefficient (Wildman–Crippen LogP) is 2.88. The Balaban J connectivity index is 2.02. The highest BCUT2D eigenvalue weighted by molar-refractivity contribution is 9.10. The molecule has 0 fully saturated rings. The zero-order chi connectivity index (χ0) is 12.1. The molecular weight excluding hydrogens is 280 g/mol. The van der Waals surface area contributed by atoms with E-state index >= 15 is 0 Å². The van der Waals surface area contributed by atoms with E-state index in [1.165, 1.54) is 0 Å². The Kier molecular flexibility index (Phi) is 4.12. The van der Waals surface area contributed by atoms with Gasteiger partial charge >= 0.3 is 0 Å². The van der Waals surface area contributed by atoms with E-state index in [-0.39, 0.29) is 0 Å². The minimum atomic E-state index is 0.425. The quantitative estimate of drug-likeness (QED) is 0.943. The van der Waals surface area contributed by atoms with Gasteiger partial charge in [0.25, 0.3) is 0 Å². The van der Waals surface area contributed by atoms with E-state index in [9.17, 15) is 0 Å². The zero-order valence-electron chi connectivity index (χ0n) is 9.27. The van der Waals surface area contributed by atoms with Gasteiger partial charge in [-0.25, -0.2) is 4.98 Å². The van der Waals surface area contributed by atoms with Crippen molar-refractivity contribution in [3.8, 4) is 5.88 Å². The molecule has 0 spiro atoms. The molecule has 2 aromatic rings. The molecule has 1 heterocycles. The molecule has 3 nitrogen and oxygen atoms in total. The Morgan fingerprint density at radius 3 is 2.76 bits per heavy atom. The molecule has 4 heteroatoms. The van der Waals surface area contributed by atoms with Gasteiger partial charge in [0.15, 0.2) is 0 Å². The van der Waals surface area contributed by atoms with Crippen LogP contribution in [0.2, 0.25) is 0 Å². The summed E-state index contributed by atoms with van der Waals surface area (Å²) in [5, 5.41) is 0. The summed E-state index contributed by atoms with van der Waals surface area (Å²) >= 11 is 3.42. The van der Waals surface area contributed by atoms with E-state index in [1.54, 1.807) is 0 Å². The van der Waals surface area contributed by atoms with E-state index in [0.717, 1.165) is 15.7 Å². The second-order valence-electron chi connectivity index (χ2n) is 3.59. The molecule has 1 aromatic carbocycles. The van der Waals surface area contributed by atoms with Crippen molar-refractivity contribution in [2.75, 3.05) is 0 Å². The largest absolute Gasteiger partial charge is 0.473 e. The maximum absolute atomic E-state index is 5.60. The molecule has 0 atom stereocenters. The first kappa shape index (κ1) is 12.1. The third-order valence-corrected chi connectivity index (χ3v) is 2.76. The van der Waals surface area contributed by atoms with Crippen LogP contribution in [-0.2, 0) is 13.2 Å². The number of pyridine rings is 1. The maximum Gasteiger partial charge on any atom is 0.213 e. The van der Waals surface area contributed by atoms with E-state index in [2.05, 4.69) is 20.9 Å². The van der Waals surface area contributed by atoms with Crippen molar-refractivity contribution in [1.82, 2.24) is 4.98 Å². The first-order valence-corrected chi connectivity index (χ1v) is 6.10. The standard InChI is InChI=1S/C13H13BrN2O/c14-11-4-1-3-10(7-11)9-17-13-6-2-5-12(8-15)16-13/h1-7H,8-9,15H2. The van der Waals surface area contributed by atoms with Crippen molar-refractivity contribution in [3.05, 3.63) is 58.2 Å². The number of rotatable bonds is 4. The first-order valence-electron chi connectivity index (χ1n) is 5.31. The van der Waals surface area contributed by atoms with Crippen LogP contribution in [0.5, 0.6) is 5.88 Å². The Morgan fingerprint density at radius 2 is 2.00 bits per heavy atom. The lowest BCUT2D eigenvalue weighted by Crippen LogP contribution is -2.02. The molecule has 0 aliphatic heterocycles. The van der Waals surface area contributed by atoms with Crippen LogP contribution >= 0.6 is 15.9 Å². The summed E-state index contributed by atoms with van der Waals surface area (Å²) < 4.78 is 6.65. The molecule has 0 amide bonds. The molecule has 0 saturated heterocycles. The smallest absolute Gasteiger partial charge is 0.213 e. The number of nitrogens with two attached hydrogens (primary N) is 1. The second kappa shape index (κ2) is 5.80. The average molecular weight is 293 g/mol. The molecular formula is C13H13BrN2O. The highest BCUT2D eigenvalue weighted by Gasteiger charge is 1.99. The second-order valence-corrected chi connectivity index (χ2v) is 4.51. The van der Waals surface area contributed by atoms with Crippen LogP contribution in [0.25, 0.3) is 0 Å². The van der Waals surface area contributed by atoms with Crippen LogP contribution < -0.4 is 10.5 Å². The number of halogens is 1. The number of benzene rings is 1. The normalized spacial score (nSPS) is 10.2. The van der Waals surface area contributed by atoms with E-state index in [1.807, 2.05) is 42.5 Å². The summed E-state index contributed by atoms with van der Waals surface area (Å²) in [6, 6.07) is 13.6. The fourth-order valence-electron chi connectivity index (χ4n) is 1.44. The van der Waals surface area contributed by atoms with Gasteiger partial charge in [0.05, 0.1) is 5.69 Å². The zero-order valence-corrected chi connectivity index (χ0v) is 10.9. The fourth-order valence-corrected chi connectivity index (χ4v) is 1.88. The van der Waals surface area contributed by atoms with Gasteiger partial charge in [-0.2, -0.15) is 0 Å². The molecule has 0 saturated carbocycles. The van der Waals surface area contributed by atoms with Crippen molar-refractivity contribution in [1.29, 1.82) is 0 Å². The van der Waals surface area contributed by atoms with Crippen LogP contribution in [0.15, 0.2) is 46.9 Å². The van der Waals surface area contributed by atoms with Gasteiger partial charge in [0, 0.05) is 17.1 Å². The van der Waals surface area contributed by atoms with Crippen molar-refractivity contribution in [2.45, 2.75) is 13.2 Å². The van der Waals surface area contributed by atoms with Crippen LogP contribution in [0.4, 0.5) is 0 Å². The molecule has 2 N–H and O–H groups in total. The molecule has 88 valence electrons. The van der Waals surface area contributed by atoms with Crippen LogP contribution in [0.3, 0.4) is 0 Å². The summed E-state index contributed by atoms with van der Waals surface area (Å²) in [4.78, 5) is 4.27. The lowest BCUT2D eigenvalue weighted by atomic mass is 10.2. The summed E-state index contributed by atoms with van der Waals surface area (Å²) in [5.74, 6) is 0.605. The lowest BCUT2D eigenvalue weighted by molar-refractivity contribution is 0.293. The Labute approximate surface area is 109 Å². The highest BCUT2D eigenvalue weighted by atomic mass is 79.9. The third-order valence-electron chi connectivity index (χ3n) is 2.27. The Morgan fingerprint density at radius 1 is 1.18 bits per heavy atom. The minimum Gasteiger partial charge on any atom is -0.473 e. The van der Waals surface area contributed by atoms with Crippen molar-refractivity contribution < 1.29 is 4.74 Å². The predicted molar refractivity (Wildman–Crippen MR) is 70.6 cm³/mol. The van der Waals surface area contributed by atoms with Crippen LogP contribution in [0.1, 0.15) is 11.3 Å². The van der Waals surface area contributed by atoms with E-state index < -0.39 is 0 Å². The summed E-state index contributed by atoms with van der Waals surface area (Å²) in [5.41, 5.74) is 7.45. The maximum atomic E-state index is 5.60. The van der Waals surface area contributed by atoms with Crippen molar-refractivity contribution in [3.63, 3.8) is 0 Å². The van der Waals surface area contributed by atoms with Gasteiger partial charge < -0.3 is 10.5 Å². The summed E-state index contributed by atoms with van der Waals surface area (Å²) in [6.45, 7) is 0.925. The van der Waals surface area contributed by atoms with E-state index in [4.69, 9.17) is 10.5 Å². The van der Waals surface area contributed by atoms with Crippen molar-refractivity contribution >= 4 is 15.9 Å². The first-order chi connectivity index (χ1) is 8.28. The Bertz CT molecular complexity index is 502. The molecule has 0 aliphatic rings. The topological polar surface area (TPSA) is 48.1 Å². The number of ether oxygens (including phenoxy) is 1. The highest BCUT2D eigenvalue weighted by Crippen LogP contribution is 2.14. The number of aromatic nitrogens is 1. The molecule has 0 bridgehead atoms. The molecule has 2 rings (SSSR count). The van der Waals surface area contributed by atoms with Crippen molar-refractivity contribution in [2.24, 2.45) is 5.73 Å². The van der Waals surface area contributed by atoms with Gasteiger partial charge in [0.1, 0.15) is 6.61 Å². The molecule has 1 aromatic heterocycles. The van der Waals surface area contributed by atoms with Gasteiger partial charge in [-0.3, -0.25) is 0 Å². The summed E-state index contributed by atoms with van der Waals surface area (Å²) in [7, 11) is 0.